The van der Waals surface area contributed by atoms with Crippen molar-refractivity contribution in [2.45, 2.75) is 39.2 Å². The first-order chi connectivity index (χ1) is 9.60. The van der Waals surface area contributed by atoms with Crippen LogP contribution in [0.1, 0.15) is 42.4 Å². The van der Waals surface area contributed by atoms with E-state index < -0.39 is 5.97 Å². The van der Waals surface area contributed by atoms with Gasteiger partial charge in [-0.05, 0) is 39.2 Å². The standard InChI is InChI=1S/C14H21N3O3/c1-3-17(9-11-6-4-5-7-20-11)14-15-10(2)8-12(16-14)13(18)19/h8,11H,3-7,9H2,1-2H3,(H,18,19). The number of ether oxygens (including phenoxy) is 1. The zero-order valence-corrected chi connectivity index (χ0v) is 12.0. The number of anilines is 1. The van der Waals surface area contributed by atoms with Crippen LogP contribution < -0.4 is 4.90 Å². The molecule has 110 valence electrons. The maximum absolute atomic E-state index is 11.1. The van der Waals surface area contributed by atoms with Gasteiger partial charge in [-0.3, -0.25) is 0 Å². The van der Waals surface area contributed by atoms with Crippen molar-refractivity contribution in [3.05, 3.63) is 17.5 Å². The average Bonchev–Trinajstić information content (AvgIpc) is 2.45. The summed E-state index contributed by atoms with van der Waals surface area (Å²) in [7, 11) is 0. The minimum atomic E-state index is -1.03. The molecular weight excluding hydrogens is 258 g/mol. The van der Waals surface area contributed by atoms with E-state index in [2.05, 4.69) is 9.97 Å². The summed E-state index contributed by atoms with van der Waals surface area (Å²) in [5.41, 5.74) is 0.700. The maximum atomic E-state index is 11.1. The van der Waals surface area contributed by atoms with Crippen molar-refractivity contribution in [3.8, 4) is 0 Å². The lowest BCUT2D eigenvalue weighted by Gasteiger charge is -2.29. The molecule has 0 bridgehead atoms. The Hall–Kier alpha value is -1.69. The molecule has 1 aromatic rings. The third-order valence-corrected chi connectivity index (χ3v) is 3.42. The normalized spacial score (nSPS) is 18.8. The summed E-state index contributed by atoms with van der Waals surface area (Å²) >= 11 is 0. The largest absolute Gasteiger partial charge is 0.477 e. The maximum Gasteiger partial charge on any atom is 0.354 e. The Morgan fingerprint density at radius 3 is 2.90 bits per heavy atom. The Labute approximate surface area is 118 Å². The van der Waals surface area contributed by atoms with Gasteiger partial charge in [0.05, 0.1) is 6.10 Å². The van der Waals surface area contributed by atoms with Crippen LogP contribution in [0.3, 0.4) is 0 Å². The fourth-order valence-corrected chi connectivity index (χ4v) is 2.35. The zero-order valence-electron chi connectivity index (χ0n) is 12.0. The average molecular weight is 279 g/mol. The lowest BCUT2D eigenvalue weighted by atomic mass is 10.1. The van der Waals surface area contributed by atoms with Crippen LogP contribution in [-0.2, 0) is 4.74 Å². The van der Waals surface area contributed by atoms with Gasteiger partial charge in [-0.25, -0.2) is 14.8 Å². The van der Waals surface area contributed by atoms with Gasteiger partial charge in [0, 0.05) is 25.4 Å². The molecule has 1 unspecified atom stereocenters. The van der Waals surface area contributed by atoms with Gasteiger partial charge in [0.2, 0.25) is 5.95 Å². The summed E-state index contributed by atoms with van der Waals surface area (Å²) in [6.07, 6.45) is 3.51. The summed E-state index contributed by atoms with van der Waals surface area (Å²) < 4.78 is 5.73. The quantitative estimate of drug-likeness (QED) is 0.887. The minimum Gasteiger partial charge on any atom is -0.477 e. The number of rotatable bonds is 5. The molecule has 0 radical (unpaired) electrons. The molecule has 1 saturated heterocycles. The minimum absolute atomic E-state index is 0.0375. The number of aromatic nitrogens is 2. The first-order valence-electron chi connectivity index (χ1n) is 7.05. The van der Waals surface area contributed by atoms with E-state index in [4.69, 9.17) is 9.84 Å². The first kappa shape index (κ1) is 14.7. The number of carboxylic acid groups (broad SMARTS) is 1. The highest BCUT2D eigenvalue weighted by atomic mass is 16.5. The predicted molar refractivity (Wildman–Crippen MR) is 75.2 cm³/mol. The van der Waals surface area contributed by atoms with E-state index in [1.807, 2.05) is 11.8 Å². The van der Waals surface area contributed by atoms with Crippen LogP contribution in [-0.4, -0.2) is 46.8 Å². The van der Waals surface area contributed by atoms with E-state index in [0.29, 0.717) is 18.2 Å². The second-order valence-corrected chi connectivity index (χ2v) is 5.03. The lowest BCUT2D eigenvalue weighted by molar-refractivity contribution is 0.0209. The molecular formula is C14H21N3O3. The molecule has 1 N–H and O–H groups in total. The molecule has 0 saturated carbocycles. The third kappa shape index (κ3) is 3.66. The fourth-order valence-electron chi connectivity index (χ4n) is 2.35. The number of nitrogens with zero attached hydrogens (tertiary/aromatic N) is 3. The first-order valence-corrected chi connectivity index (χ1v) is 7.05. The number of carboxylic acids is 1. The van der Waals surface area contributed by atoms with E-state index in [-0.39, 0.29) is 11.8 Å². The van der Waals surface area contributed by atoms with Gasteiger partial charge in [-0.2, -0.15) is 0 Å². The lowest BCUT2D eigenvalue weighted by Crippen LogP contribution is -2.37. The molecule has 2 heterocycles. The number of hydrogen-bond donors (Lipinski definition) is 1. The van der Waals surface area contributed by atoms with Crippen molar-refractivity contribution in [2.24, 2.45) is 0 Å². The van der Waals surface area contributed by atoms with Gasteiger partial charge in [-0.1, -0.05) is 0 Å². The van der Waals surface area contributed by atoms with Crippen molar-refractivity contribution in [2.75, 3.05) is 24.6 Å². The third-order valence-electron chi connectivity index (χ3n) is 3.42. The highest BCUT2D eigenvalue weighted by molar-refractivity contribution is 5.85. The van der Waals surface area contributed by atoms with Crippen molar-refractivity contribution in [1.29, 1.82) is 0 Å². The van der Waals surface area contributed by atoms with Gasteiger partial charge in [-0.15, -0.1) is 0 Å². The summed E-state index contributed by atoms with van der Waals surface area (Å²) in [5.74, 6) is -0.555. The fraction of sp³-hybridized carbons (Fsp3) is 0.643. The summed E-state index contributed by atoms with van der Waals surface area (Å²) in [6, 6.07) is 1.48. The second-order valence-electron chi connectivity index (χ2n) is 5.03. The Bertz CT molecular complexity index is 473. The molecule has 0 aliphatic carbocycles. The van der Waals surface area contributed by atoms with Crippen LogP contribution in [0.4, 0.5) is 5.95 Å². The Balaban J connectivity index is 2.15. The molecule has 1 aliphatic heterocycles. The van der Waals surface area contributed by atoms with Crippen LogP contribution in [0.2, 0.25) is 0 Å². The van der Waals surface area contributed by atoms with E-state index in [0.717, 1.165) is 26.0 Å². The number of carbonyl (C=O) groups is 1. The molecule has 0 amide bonds. The van der Waals surface area contributed by atoms with Crippen LogP contribution >= 0.6 is 0 Å². The number of hydrogen-bond acceptors (Lipinski definition) is 5. The van der Waals surface area contributed by atoms with Crippen molar-refractivity contribution >= 4 is 11.9 Å². The molecule has 6 nitrogen and oxygen atoms in total. The van der Waals surface area contributed by atoms with Gasteiger partial charge < -0.3 is 14.7 Å². The van der Waals surface area contributed by atoms with Crippen LogP contribution in [0.25, 0.3) is 0 Å². The predicted octanol–water partition coefficient (Wildman–Crippen LogP) is 1.88. The smallest absolute Gasteiger partial charge is 0.354 e. The van der Waals surface area contributed by atoms with E-state index in [9.17, 15) is 4.79 Å². The number of likely N-dealkylation sites (N-methyl/N-ethyl adjacent to an activating group) is 1. The van der Waals surface area contributed by atoms with Gasteiger partial charge >= 0.3 is 5.97 Å². The second kappa shape index (κ2) is 6.65. The molecule has 0 aromatic carbocycles. The molecule has 0 spiro atoms. The monoisotopic (exact) mass is 279 g/mol. The van der Waals surface area contributed by atoms with Crippen molar-refractivity contribution < 1.29 is 14.6 Å². The molecule has 20 heavy (non-hydrogen) atoms. The molecule has 1 atom stereocenters. The van der Waals surface area contributed by atoms with Crippen LogP contribution in [0, 0.1) is 6.92 Å². The Morgan fingerprint density at radius 1 is 1.50 bits per heavy atom. The highest BCUT2D eigenvalue weighted by Gasteiger charge is 2.20. The van der Waals surface area contributed by atoms with Gasteiger partial charge in [0.15, 0.2) is 5.69 Å². The van der Waals surface area contributed by atoms with Crippen LogP contribution in [0.5, 0.6) is 0 Å². The van der Waals surface area contributed by atoms with Gasteiger partial charge in [0.25, 0.3) is 0 Å². The Kier molecular flexibility index (Phi) is 4.89. The molecule has 2 rings (SSSR count). The molecule has 1 fully saturated rings. The summed E-state index contributed by atoms with van der Waals surface area (Å²) in [6.45, 7) is 6.02. The number of aryl methyl sites for hydroxylation is 1. The van der Waals surface area contributed by atoms with E-state index in [1.54, 1.807) is 6.92 Å². The highest BCUT2D eigenvalue weighted by Crippen LogP contribution is 2.17. The number of aromatic carboxylic acids is 1. The van der Waals surface area contributed by atoms with Crippen LogP contribution in [0.15, 0.2) is 6.07 Å². The molecule has 1 aromatic heterocycles. The molecule has 6 heteroatoms. The SMILES string of the molecule is CCN(CC1CCCCO1)c1nc(C)cc(C(=O)O)n1. The van der Waals surface area contributed by atoms with Crippen molar-refractivity contribution in [1.82, 2.24) is 9.97 Å². The summed E-state index contributed by atoms with van der Waals surface area (Å²) in [4.78, 5) is 21.5. The van der Waals surface area contributed by atoms with E-state index in [1.165, 1.54) is 12.5 Å². The Morgan fingerprint density at radius 2 is 2.30 bits per heavy atom. The van der Waals surface area contributed by atoms with Gasteiger partial charge in [0.1, 0.15) is 0 Å². The topological polar surface area (TPSA) is 75.5 Å². The van der Waals surface area contributed by atoms with E-state index >= 15 is 0 Å². The zero-order chi connectivity index (χ0) is 14.5. The van der Waals surface area contributed by atoms with Crippen molar-refractivity contribution in [3.63, 3.8) is 0 Å². The molecule has 1 aliphatic rings. The summed E-state index contributed by atoms with van der Waals surface area (Å²) in [5, 5.41) is 9.08.